The SMILES string of the molecule is COc1c(F)ccc(F)c1B1OCC(C)(C)CO1. The standard InChI is InChI=1S/C12H15BF2O3/c1-12(2)6-17-13(18-7-12)10-8(14)4-5-9(15)11(10)16-3/h4-5H,6-7H2,1-3H3. The van der Waals surface area contributed by atoms with Crippen LogP contribution < -0.4 is 10.2 Å². The van der Waals surface area contributed by atoms with Gasteiger partial charge in [0.15, 0.2) is 11.6 Å². The summed E-state index contributed by atoms with van der Waals surface area (Å²) in [5, 5.41) is 0. The van der Waals surface area contributed by atoms with Gasteiger partial charge in [-0.25, -0.2) is 8.78 Å². The summed E-state index contributed by atoms with van der Waals surface area (Å²) in [6.45, 7) is 4.78. The molecule has 6 heteroatoms. The van der Waals surface area contributed by atoms with Crippen molar-refractivity contribution in [2.75, 3.05) is 20.3 Å². The Morgan fingerprint density at radius 2 is 1.72 bits per heavy atom. The van der Waals surface area contributed by atoms with Crippen LogP contribution in [0.1, 0.15) is 13.8 Å². The van der Waals surface area contributed by atoms with Crippen LogP contribution in [0.2, 0.25) is 0 Å². The monoisotopic (exact) mass is 256 g/mol. The second-order valence-corrected chi connectivity index (χ2v) is 5.09. The van der Waals surface area contributed by atoms with E-state index >= 15 is 0 Å². The molecule has 0 aliphatic carbocycles. The molecule has 0 radical (unpaired) electrons. The summed E-state index contributed by atoms with van der Waals surface area (Å²) in [6, 6.07) is 2.06. The van der Waals surface area contributed by atoms with E-state index in [1.165, 1.54) is 7.11 Å². The molecule has 98 valence electrons. The smallest absolute Gasteiger partial charge is 0.494 e. The lowest BCUT2D eigenvalue weighted by atomic mass is 9.75. The summed E-state index contributed by atoms with van der Waals surface area (Å²) in [5.74, 6) is -1.40. The van der Waals surface area contributed by atoms with Crippen molar-refractivity contribution < 1.29 is 22.8 Å². The molecule has 0 atom stereocenters. The van der Waals surface area contributed by atoms with E-state index in [1.807, 2.05) is 13.8 Å². The maximum atomic E-state index is 13.8. The van der Waals surface area contributed by atoms with Gasteiger partial charge < -0.3 is 14.0 Å². The first kappa shape index (κ1) is 13.3. The van der Waals surface area contributed by atoms with Gasteiger partial charge in [-0.15, -0.1) is 0 Å². The second kappa shape index (κ2) is 4.86. The molecule has 1 aliphatic rings. The predicted molar refractivity (Wildman–Crippen MR) is 64.0 cm³/mol. The van der Waals surface area contributed by atoms with Crippen molar-refractivity contribution >= 4 is 12.6 Å². The van der Waals surface area contributed by atoms with Gasteiger partial charge in [-0.1, -0.05) is 13.8 Å². The van der Waals surface area contributed by atoms with Gasteiger partial charge in [-0.05, 0) is 12.1 Å². The molecule has 0 bridgehead atoms. The van der Waals surface area contributed by atoms with Gasteiger partial charge >= 0.3 is 7.12 Å². The summed E-state index contributed by atoms with van der Waals surface area (Å²) < 4.78 is 43.1. The lowest BCUT2D eigenvalue weighted by Crippen LogP contribution is -2.49. The lowest BCUT2D eigenvalue weighted by molar-refractivity contribution is 0.0338. The Morgan fingerprint density at radius 1 is 1.17 bits per heavy atom. The molecule has 1 fully saturated rings. The van der Waals surface area contributed by atoms with Crippen LogP contribution in [0.25, 0.3) is 0 Å². The Hall–Kier alpha value is -1.14. The number of hydrogen-bond acceptors (Lipinski definition) is 3. The van der Waals surface area contributed by atoms with Crippen LogP contribution in [0, 0.1) is 17.0 Å². The Balaban J connectivity index is 2.31. The van der Waals surface area contributed by atoms with Gasteiger partial charge in [-0.2, -0.15) is 0 Å². The highest BCUT2D eigenvalue weighted by Crippen LogP contribution is 2.24. The Labute approximate surface area is 105 Å². The summed E-state index contributed by atoms with van der Waals surface area (Å²) >= 11 is 0. The minimum absolute atomic E-state index is 0.0204. The summed E-state index contributed by atoms with van der Waals surface area (Å²) in [5.41, 5.74) is -0.152. The minimum Gasteiger partial charge on any atom is -0.494 e. The Kier molecular flexibility index (Phi) is 3.59. The van der Waals surface area contributed by atoms with Crippen LogP contribution in [0.4, 0.5) is 8.78 Å². The summed E-state index contributed by atoms with van der Waals surface area (Å²) in [6.07, 6.45) is 0. The molecular formula is C12H15BF2O3. The highest BCUT2D eigenvalue weighted by molar-refractivity contribution is 6.62. The van der Waals surface area contributed by atoms with Crippen molar-refractivity contribution in [2.24, 2.45) is 5.41 Å². The first-order valence-corrected chi connectivity index (χ1v) is 5.70. The first-order chi connectivity index (χ1) is 8.44. The van der Waals surface area contributed by atoms with Crippen LogP contribution in [-0.2, 0) is 9.31 Å². The van der Waals surface area contributed by atoms with E-state index in [0.717, 1.165) is 12.1 Å². The number of halogens is 2. The number of hydrogen-bond donors (Lipinski definition) is 0. The number of benzene rings is 1. The van der Waals surface area contributed by atoms with Crippen molar-refractivity contribution in [1.82, 2.24) is 0 Å². The highest BCUT2D eigenvalue weighted by Gasteiger charge is 2.38. The molecule has 0 aromatic heterocycles. The summed E-state index contributed by atoms with van der Waals surface area (Å²) in [7, 11) is 0.359. The van der Waals surface area contributed by atoms with E-state index < -0.39 is 18.8 Å². The molecule has 0 saturated carbocycles. The first-order valence-electron chi connectivity index (χ1n) is 5.70. The van der Waals surface area contributed by atoms with E-state index in [-0.39, 0.29) is 16.6 Å². The molecule has 0 amide bonds. The zero-order valence-electron chi connectivity index (χ0n) is 10.6. The van der Waals surface area contributed by atoms with Gasteiger partial charge in [0.2, 0.25) is 0 Å². The average Bonchev–Trinajstić information content (AvgIpc) is 2.32. The van der Waals surface area contributed by atoms with E-state index in [4.69, 9.17) is 14.0 Å². The van der Waals surface area contributed by atoms with Crippen LogP contribution in [-0.4, -0.2) is 27.4 Å². The van der Waals surface area contributed by atoms with Crippen molar-refractivity contribution in [3.8, 4) is 5.75 Å². The Bertz CT molecular complexity index is 441. The normalized spacial score (nSPS) is 18.8. The van der Waals surface area contributed by atoms with Crippen LogP contribution >= 0.6 is 0 Å². The third kappa shape index (κ3) is 2.49. The largest absolute Gasteiger partial charge is 0.500 e. The molecule has 0 N–H and O–H groups in total. The van der Waals surface area contributed by atoms with Gasteiger partial charge in [0.1, 0.15) is 5.82 Å². The fourth-order valence-electron chi connectivity index (χ4n) is 1.83. The molecule has 1 aromatic rings. The average molecular weight is 256 g/mol. The minimum atomic E-state index is -0.927. The molecule has 1 saturated heterocycles. The maximum absolute atomic E-state index is 13.8. The molecule has 1 heterocycles. The topological polar surface area (TPSA) is 27.7 Å². The number of ether oxygens (including phenoxy) is 1. The van der Waals surface area contributed by atoms with Crippen molar-refractivity contribution in [1.29, 1.82) is 0 Å². The molecule has 18 heavy (non-hydrogen) atoms. The van der Waals surface area contributed by atoms with Gasteiger partial charge in [-0.3, -0.25) is 0 Å². The van der Waals surface area contributed by atoms with Crippen molar-refractivity contribution in [3.05, 3.63) is 23.8 Å². The predicted octanol–water partition coefficient (Wildman–Crippen LogP) is 1.74. The van der Waals surface area contributed by atoms with Crippen molar-refractivity contribution in [3.63, 3.8) is 0 Å². The third-order valence-corrected chi connectivity index (χ3v) is 2.79. The fourth-order valence-corrected chi connectivity index (χ4v) is 1.83. The van der Waals surface area contributed by atoms with E-state index in [1.54, 1.807) is 0 Å². The van der Waals surface area contributed by atoms with Gasteiger partial charge in [0.25, 0.3) is 0 Å². The van der Waals surface area contributed by atoms with Crippen LogP contribution in [0.3, 0.4) is 0 Å². The number of rotatable bonds is 2. The molecule has 2 rings (SSSR count). The summed E-state index contributed by atoms with van der Waals surface area (Å²) in [4.78, 5) is 0. The quantitative estimate of drug-likeness (QED) is 0.754. The molecule has 1 aromatic carbocycles. The highest BCUT2D eigenvalue weighted by atomic mass is 19.1. The molecule has 3 nitrogen and oxygen atoms in total. The molecule has 0 unspecified atom stereocenters. The zero-order valence-corrected chi connectivity index (χ0v) is 10.6. The third-order valence-electron chi connectivity index (χ3n) is 2.79. The molecular weight excluding hydrogens is 241 g/mol. The Morgan fingerprint density at radius 3 is 2.28 bits per heavy atom. The van der Waals surface area contributed by atoms with Crippen LogP contribution in [0.5, 0.6) is 5.75 Å². The fraction of sp³-hybridized carbons (Fsp3) is 0.500. The zero-order chi connectivity index (χ0) is 13.3. The number of methoxy groups -OCH3 is 1. The van der Waals surface area contributed by atoms with E-state index in [9.17, 15) is 8.78 Å². The van der Waals surface area contributed by atoms with Gasteiger partial charge in [0, 0.05) is 18.6 Å². The maximum Gasteiger partial charge on any atom is 0.500 e. The molecule has 1 aliphatic heterocycles. The van der Waals surface area contributed by atoms with Crippen molar-refractivity contribution in [2.45, 2.75) is 13.8 Å². The second-order valence-electron chi connectivity index (χ2n) is 5.09. The van der Waals surface area contributed by atoms with E-state index in [0.29, 0.717) is 13.2 Å². The van der Waals surface area contributed by atoms with Gasteiger partial charge in [0.05, 0.1) is 12.6 Å². The lowest BCUT2D eigenvalue weighted by Gasteiger charge is -2.33. The van der Waals surface area contributed by atoms with Crippen LogP contribution in [0.15, 0.2) is 12.1 Å². The van der Waals surface area contributed by atoms with E-state index in [2.05, 4.69) is 0 Å². The molecule has 0 spiro atoms.